The average molecular weight is 296 g/mol. The molecule has 1 amide bonds. The molecule has 0 aromatic carbocycles. The number of carbonyl (C=O) groups excluding carboxylic acids is 1. The summed E-state index contributed by atoms with van der Waals surface area (Å²) < 4.78 is 0. The van der Waals surface area contributed by atoms with Crippen LogP contribution in [0.15, 0.2) is 5.38 Å². The lowest BCUT2D eigenvalue weighted by Gasteiger charge is -2.31. The van der Waals surface area contributed by atoms with E-state index in [2.05, 4.69) is 4.98 Å². The molecular formula is C14H20N2O3S. The average Bonchev–Trinajstić information content (AvgIpc) is 2.96. The van der Waals surface area contributed by atoms with E-state index in [0.29, 0.717) is 25.8 Å². The molecule has 6 heteroatoms. The fourth-order valence-electron chi connectivity index (χ4n) is 2.66. The molecule has 0 aliphatic carbocycles. The van der Waals surface area contributed by atoms with Crippen LogP contribution >= 0.6 is 11.3 Å². The molecule has 1 atom stereocenters. The lowest BCUT2D eigenvalue weighted by Crippen LogP contribution is -2.50. The SMILES string of the molecule is Cc1nc(CCCC(=O)N2CCCC2(C)C(=O)O)cs1. The minimum Gasteiger partial charge on any atom is -0.480 e. The summed E-state index contributed by atoms with van der Waals surface area (Å²) in [5.74, 6) is -0.960. The molecule has 1 saturated heterocycles. The number of likely N-dealkylation sites (tertiary alicyclic amines) is 1. The Morgan fingerprint density at radius 2 is 2.30 bits per heavy atom. The normalized spacial score (nSPS) is 22.2. The van der Waals surface area contributed by atoms with E-state index in [-0.39, 0.29) is 5.91 Å². The van der Waals surface area contributed by atoms with Gasteiger partial charge < -0.3 is 10.0 Å². The molecule has 1 aromatic heterocycles. The number of rotatable bonds is 5. The highest BCUT2D eigenvalue weighted by Gasteiger charge is 2.45. The van der Waals surface area contributed by atoms with Gasteiger partial charge in [-0.05, 0) is 39.5 Å². The highest BCUT2D eigenvalue weighted by molar-refractivity contribution is 7.09. The number of carboxylic acids is 1. The smallest absolute Gasteiger partial charge is 0.329 e. The van der Waals surface area contributed by atoms with Gasteiger partial charge >= 0.3 is 5.97 Å². The number of thiazole rings is 1. The van der Waals surface area contributed by atoms with Crippen molar-refractivity contribution in [2.45, 2.75) is 51.5 Å². The molecule has 2 rings (SSSR count). The third kappa shape index (κ3) is 3.00. The summed E-state index contributed by atoms with van der Waals surface area (Å²) in [5, 5.41) is 12.3. The van der Waals surface area contributed by atoms with Crippen LogP contribution in [0.2, 0.25) is 0 Å². The van der Waals surface area contributed by atoms with Crippen molar-refractivity contribution in [3.8, 4) is 0 Å². The van der Waals surface area contributed by atoms with Crippen molar-refractivity contribution in [3.05, 3.63) is 16.1 Å². The Balaban J connectivity index is 1.87. The van der Waals surface area contributed by atoms with Gasteiger partial charge in [0.1, 0.15) is 5.54 Å². The topological polar surface area (TPSA) is 70.5 Å². The van der Waals surface area contributed by atoms with Crippen LogP contribution in [0.1, 0.15) is 43.3 Å². The molecule has 1 aliphatic rings. The van der Waals surface area contributed by atoms with Gasteiger partial charge in [0.15, 0.2) is 0 Å². The minimum absolute atomic E-state index is 0.0562. The van der Waals surface area contributed by atoms with Crippen molar-refractivity contribution in [2.24, 2.45) is 0 Å². The van der Waals surface area contributed by atoms with Crippen LogP contribution in [0.25, 0.3) is 0 Å². The zero-order chi connectivity index (χ0) is 14.8. The Morgan fingerprint density at radius 3 is 2.90 bits per heavy atom. The first kappa shape index (κ1) is 15.0. The molecule has 2 heterocycles. The standard InChI is InChI=1S/C14H20N2O3S/c1-10-15-11(9-20-10)5-3-6-12(17)16-8-4-7-14(16,2)13(18)19/h9H,3-8H2,1-2H3,(H,18,19). The largest absolute Gasteiger partial charge is 0.480 e. The Bertz CT molecular complexity index is 514. The van der Waals surface area contributed by atoms with E-state index in [9.17, 15) is 14.7 Å². The molecule has 0 saturated carbocycles. The first-order valence-electron chi connectivity index (χ1n) is 6.88. The van der Waals surface area contributed by atoms with Gasteiger partial charge in [0.05, 0.1) is 10.7 Å². The van der Waals surface area contributed by atoms with Gasteiger partial charge in [-0.25, -0.2) is 9.78 Å². The van der Waals surface area contributed by atoms with E-state index in [1.54, 1.807) is 18.3 Å². The van der Waals surface area contributed by atoms with Crippen molar-refractivity contribution < 1.29 is 14.7 Å². The van der Waals surface area contributed by atoms with Gasteiger partial charge in [-0.15, -0.1) is 11.3 Å². The molecule has 0 bridgehead atoms. The quantitative estimate of drug-likeness (QED) is 0.904. The molecule has 0 radical (unpaired) electrons. The summed E-state index contributed by atoms with van der Waals surface area (Å²) in [6, 6.07) is 0. The fraction of sp³-hybridized carbons (Fsp3) is 0.643. The molecule has 1 aliphatic heterocycles. The summed E-state index contributed by atoms with van der Waals surface area (Å²) in [4.78, 5) is 29.4. The van der Waals surface area contributed by atoms with Crippen LogP contribution in [0.4, 0.5) is 0 Å². The lowest BCUT2D eigenvalue weighted by atomic mass is 9.99. The Morgan fingerprint density at radius 1 is 1.55 bits per heavy atom. The highest BCUT2D eigenvalue weighted by Crippen LogP contribution is 2.30. The van der Waals surface area contributed by atoms with Gasteiger partial charge in [-0.1, -0.05) is 0 Å². The van der Waals surface area contributed by atoms with Gasteiger partial charge in [0.25, 0.3) is 0 Å². The van der Waals surface area contributed by atoms with Crippen molar-refractivity contribution in [2.75, 3.05) is 6.54 Å². The van der Waals surface area contributed by atoms with Crippen LogP contribution in [-0.2, 0) is 16.0 Å². The molecular weight excluding hydrogens is 276 g/mol. The maximum atomic E-state index is 12.2. The van der Waals surface area contributed by atoms with Crippen LogP contribution in [0.3, 0.4) is 0 Å². The van der Waals surface area contributed by atoms with Crippen molar-refractivity contribution >= 4 is 23.2 Å². The van der Waals surface area contributed by atoms with Gasteiger partial charge in [-0.3, -0.25) is 4.79 Å². The van der Waals surface area contributed by atoms with E-state index in [0.717, 1.165) is 23.5 Å². The number of amides is 1. The van der Waals surface area contributed by atoms with Gasteiger partial charge in [0, 0.05) is 18.3 Å². The van der Waals surface area contributed by atoms with Crippen molar-refractivity contribution in [3.63, 3.8) is 0 Å². The number of hydrogen-bond donors (Lipinski definition) is 1. The summed E-state index contributed by atoms with van der Waals surface area (Å²) in [5.41, 5.74) is -0.00314. The number of aliphatic carboxylic acids is 1. The first-order valence-corrected chi connectivity index (χ1v) is 7.76. The van der Waals surface area contributed by atoms with E-state index in [1.807, 2.05) is 12.3 Å². The zero-order valence-electron chi connectivity index (χ0n) is 11.9. The van der Waals surface area contributed by atoms with Crippen LogP contribution in [0, 0.1) is 6.92 Å². The molecule has 1 N–H and O–H groups in total. The number of aromatic nitrogens is 1. The minimum atomic E-state index is -1.02. The fourth-order valence-corrected chi connectivity index (χ4v) is 3.31. The predicted octanol–water partition coefficient (Wildman–Crippen LogP) is 2.24. The van der Waals surface area contributed by atoms with Crippen LogP contribution in [-0.4, -0.2) is 39.0 Å². The van der Waals surface area contributed by atoms with Crippen LogP contribution < -0.4 is 0 Å². The summed E-state index contributed by atoms with van der Waals surface area (Å²) in [6.07, 6.45) is 3.18. The third-order valence-corrected chi connectivity index (χ3v) is 4.72. The molecule has 0 spiro atoms. The first-order chi connectivity index (χ1) is 9.43. The second-order valence-corrected chi connectivity index (χ2v) is 6.50. The van der Waals surface area contributed by atoms with E-state index in [4.69, 9.17) is 0 Å². The summed E-state index contributed by atoms with van der Waals surface area (Å²) in [6.45, 7) is 4.16. The molecule has 1 aromatic rings. The molecule has 1 unspecified atom stereocenters. The number of hydrogen-bond acceptors (Lipinski definition) is 4. The van der Waals surface area contributed by atoms with Gasteiger partial charge in [0.2, 0.25) is 5.91 Å². The maximum Gasteiger partial charge on any atom is 0.329 e. The molecule has 1 fully saturated rings. The summed E-state index contributed by atoms with van der Waals surface area (Å²) >= 11 is 1.61. The Kier molecular flexibility index (Phi) is 4.42. The number of carbonyl (C=O) groups is 2. The monoisotopic (exact) mass is 296 g/mol. The number of aryl methyl sites for hydroxylation is 2. The summed E-state index contributed by atoms with van der Waals surface area (Å²) in [7, 11) is 0. The van der Waals surface area contributed by atoms with Crippen molar-refractivity contribution in [1.82, 2.24) is 9.88 Å². The second-order valence-electron chi connectivity index (χ2n) is 5.44. The maximum absolute atomic E-state index is 12.2. The molecule has 5 nitrogen and oxygen atoms in total. The predicted molar refractivity (Wildman–Crippen MR) is 76.8 cm³/mol. The number of nitrogens with zero attached hydrogens (tertiary/aromatic N) is 2. The van der Waals surface area contributed by atoms with Crippen molar-refractivity contribution in [1.29, 1.82) is 0 Å². The Labute approximate surface area is 122 Å². The molecule has 110 valence electrons. The second kappa shape index (κ2) is 5.91. The van der Waals surface area contributed by atoms with E-state index < -0.39 is 11.5 Å². The van der Waals surface area contributed by atoms with Gasteiger partial charge in [-0.2, -0.15) is 0 Å². The van der Waals surface area contributed by atoms with E-state index >= 15 is 0 Å². The molecule has 20 heavy (non-hydrogen) atoms. The van der Waals surface area contributed by atoms with Crippen LogP contribution in [0.5, 0.6) is 0 Å². The number of carboxylic acid groups (broad SMARTS) is 1. The highest BCUT2D eigenvalue weighted by atomic mass is 32.1. The zero-order valence-corrected chi connectivity index (χ0v) is 12.7. The van der Waals surface area contributed by atoms with E-state index in [1.165, 1.54) is 4.90 Å². The third-order valence-electron chi connectivity index (χ3n) is 3.89. The lowest BCUT2D eigenvalue weighted by molar-refractivity contribution is -0.155. The Hall–Kier alpha value is -1.43.